The number of hydrogen-bond acceptors (Lipinski definition) is 3. The molecule has 3 rings (SSSR count). The van der Waals surface area contributed by atoms with E-state index in [1.54, 1.807) is 17.8 Å². The Morgan fingerprint density at radius 2 is 1.95 bits per heavy atom. The number of hydrogen-bond donors (Lipinski definition) is 1. The summed E-state index contributed by atoms with van der Waals surface area (Å²) in [4.78, 5) is 7.20. The Kier molecular flexibility index (Phi) is 3.84. The van der Waals surface area contributed by atoms with Crippen molar-refractivity contribution >= 4 is 17.5 Å². The summed E-state index contributed by atoms with van der Waals surface area (Å²) in [7, 11) is 0. The van der Waals surface area contributed by atoms with Gasteiger partial charge in [0.25, 0.3) is 0 Å². The predicted octanol–water partition coefficient (Wildman–Crippen LogP) is 4.95. The molecule has 2 nitrogen and oxygen atoms in total. The van der Waals surface area contributed by atoms with E-state index >= 15 is 0 Å². The third kappa shape index (κ3) is 2.74. The molecule has 2 aliphatic rings. The minimum Gasteiger partial charge on any atom is -0.507 e. The van der Waals surface area contributed by atoms with Gasteiger partial charge in [0.05, 0.1) is 5.71 Å². The lowest BCUT2D eigenvalue weighted by Crippen LogP contribution is -2.06. The molecule has 0 saturated carbocycles. The van der Waals surface area contributed by atoms with Gasteiger partial charge in [-0.1, -0.05) is 42.1 Å². The fourth-order valence-electron chi connectivity index (χ4n) is 2.37. The van der Waals surface area contributed by atoms with E-state index in [2.05, 4.69) is 31.2 Å². The van der Waals surface area contributed by atoms with Gasteiger partial charge in [0.2, 0.25) is 0 Å². The van der Waals surface area contributed by atoms with Crippen LogP contribution >= 0.6 is 11.8 Å². The molecular formula is C18H17NOS. The van der Waals surface area contributed by atoms with Crippen LogP contribution < -0.4 is 0 Å². The van der Waals surface area contributed by atoms with Crippen molar-refractivity contribution in [3.63, 3.8) is 0 Å². The molecule has 1 aliphatic carbocycles. The second-order valence-electron chi connectivity index (χ2n) is 5.06. The van der Waals surface area contributed by atoms with Crippen LogP contribution in [0.25, 0.3) is 0 Å². The molecule has 0 spiro atoms. The number of aromatic hydroxyl groups is 1. The maximum Gasteiger partial charge on any atom is 0.124 e. The zero-order valence-corrected chi connectivity index (χ0v) is 12.9. The van der Waals surface area contributed by atoms with E-state index in [0.29, 0.717) is 0 Å². The average molecular weight is 295 g/mol. The summed E-state index contributed by atoms with van der Waals surface area (Å²) in [6.07, 6.45) is 9.20. The Labute approximate surface area is 129 Å². The Hall–Kier alpha value is -2.00. The van der Waals surface area contributed by atoms with Gasteiger partial charge in [0.1, 0.15) is 5.75 Å². The quantitative estimate of drug-likeness (QED) is 0.795. The van der Waals surface area contributed by atoms with Crippen molar-refractivity contribution in [3.05, 3.63) is 75.2 Å². The van der Waals surface area contributed by atoms with Crippen molar-refractivity contribution in [2.24, 2.45) is 4.99 Å². The fourth-order valence-corrected chi connectivity index (χ4v) is 3.34. The highest BCUT2D eigenvalue weighted by molar-refractivity contribution is 8.07. The molecule has 0 amide bonds. The standard InChI is InChI=1S/C18H17NOS/c1-12-13(2)21-17-11-5-3-4-9-15(17)18(19-12)14-8-6-7-10-16(14)20/h3-8,10-11,20H,9H2,1-2H3. The van der Waals surface area contributed by atoms with Crippen molar-refractivity contribution < 1.29 is 5.11 Å². The molecule has 3 heteroatoms. The van der Waals surface area contributed by atoms with Gasteiger partial charge in [0, 0.05) is 21.1 Å². The predicted molar refractivity (Wildman–Crippen MR) is 90.5 cm³/mol. The number of phenols is 1. The first-order valence-electron chi connectivity index (χ1n) is 6.96. The maximum absolute atomic E-state index is 10.2. The first kappa shape index (κ1) is 14.0. The summed E-state index contributed by atoms with van der Waals surface area (Å²) in [6.45, 7) is 4.11. The first-order valence-corrected chi connectivity index (χ1v) is 7.77. The van der Waals surface area contributed by atoms with Crippen molar-refractivity contribution in [1.29, 1.82) is 0 Å². The molecule has 0 aromatic heterocycles. The van der Waals surface area contributed by atoms with Gasteiger partial charge >= 0.3 is 0 Å². The van der Waals surface area contributed by atoms with E-state index in [4.69, 9.17) is 4.99 Å². The van der Waals surface area contributed by atoms with Crippen LogP contribution in [0.3, 0.4) is 0 Å². The molecule has 0 saturated heterocycles. The Balaban J connectivity index is 2.23. The van der Waals surface area contributed by atoms with Crippen molar-refractivity contribution in [2.75, 3.05) is 0 Å². The summed E-state index contributed by atoms with van der Waals surface area (Å²) < 4.78 is 0. The molecule has 106 valence electrons. The number of para-hydroxylation sites is 1. The minimum atomic E-state index is 0.276. The topological polar surface area (TPSA) is 32.6 Å². The summed E-state index contributed by atoms with van der Waals surface area (Å²) >= 11 is 1.75. The lowest BCUT2D eigenvalue weighted by atomic mass is 9.98. The monoisotopic (exact) mass is 295 g/mol. The van der Waals surface area contributed by atoms with E-state index in [1.807, 2.05) is 25.1 Å². The smallest absolute Gasteiger partial charge is 0.124 e. The number of aliphatic imine (C=N–C) groups is 1. The van der Waals surface area contributed by atoms with Gasteiger partial charge in [-0.25, -0.2) is 0 Å². The van der Waals surface area contributed by atoms with Gasteiger partial charge in [-0.2, -0.15) is 0 Å². The largest absolute Gasteiger partial charge is 0.507 e. The lowest BCUT2D eigenvalue weighted by Gasteiger charge is -2.12. The van der Waals surface area contributed by atoms with Gasteiger partial charge < -0.3 is 5.11 Å². The highest BCUT2D eigenvalue weighted by Gasteiger charge is 2.20. The molecule has 0 radical (unpaired) electrons. The van der Waals surface area contributed by atoms with Crippen molar-refractivity contribution in [2.45, 2.75) is 20.3 Å². The summed E-state index contributed by atoms with van der Waals surface area (Å²) in [6, 6.07) is 7.41. The molecule has 1 N–H and O–H groups in total. The Bertz CT molecular complexity index is 735. The zero-order valence-electron chi connectivity index (χ0n) is 12.1. The molecular weight excluding hydrogens is 278 g/mol. The number of rotatable bonds is 1. The van der Waals surface area contributed by atoms with Crippen LogP contribution in [-0.4, -0.2) is 10.8 Å². The number of benzene rings is 1. The Morgan fingerprint density at radius 1 is 1.14 bits per heavy atom. The summed E-state index contributed by atoms with van der Waals surface area (Å²) in [5.74, 6) is 0.276. The van der Waals surface area contributed by atoms with Crippen LogP contribution in [0.4, 0.5) is 0 Å². The molecule has 1 aromatic carbocycles. The van der Waals surface area contributed by atoms with Gasteiger partial charge in [-0.3, -0.25) is 4.99 Å². The second kappa shape index (κ2) is 5.78. The summed E-state index contributed by atoms with van der Waals surface area (Å²) in [5.41, 5.74) is 3.84. The van der Waals surface area contributed by atoms with E-state index < -0.39 is 0 Å². The summed E-state index contributed by atoms with van der Waals surface area (Å²) in [5, 5.41) is 10.2. The lowest BCUT2D eigenvalue weighted by molar-refractivity contribution is 0.474. The highest BCUT2D eigenvalue weighted by Crippen LogP contribution is 2.38. The number of allylic oxidation sites excluding steroid dienone is 7. The van der Waals surface area contributed by atoms with Crippen LogP contribution in [0.2, 0.25) is 0 Å². The van der Waals surface area contributed by atoms with E-state index in [-0.39, 0.29) is 5.75 Å². The van der Waals surface area contributed by atoms with Gasteiger partial charge in [-0.15, -0.1) is 0 Å². The number of nitrogens with zero attached hydrogens (tertiary/aromatic N) is 1. The molecule has 0 atom stereocenters. The van der Waals surface area contributed by atoms with Gasteiger partial charge in [-0.05, 0) is 44.1 Å². The molecule has 21 heavy (non-hydrogen) atoms. The zero-order chi connectivity index (χ0) is 14.8. The van der Waals surface area contributed by atoms with Crippen LogP contribution in [0.1, 0.15) is 25.8 Å². The third-order valence-electron chi connectivity index (χ3n) is 3.61. The van der Waals surface area contributed by atoms with Crippen LogP contribution in [0, 0.1) is 0 Å². The third-order valence-corrected chi connectivity index (χ3v) is 4.82. The number of thioether (sulfide) groups is 1. The van der Waals surface area contributed by atoms with E-state index in [9.17, 15) is 5.11 Å². The van der Waals surface area contributed by atoms with Gasteiger partial charge in [0.15, 0.2) is 0 Å². The average Bonchev–Trinajstić information content (AvgIpc) is 2.75. The fraction of sp³-hybridized carbons (Fsp3) is 0.167. The van der Waals surface area contributed by atoms with Crippen LogP contribution in [0.5, 0.6) is 5.75 Å². The number of phenolic OH excluding ortho intramolecular Hbond substituents is 1. The van der Waals surface area contributed by atoms with E-state index in [1.165, 1.54) is 15.4 Å². The van der Waals surface area contributed by atoms with Crippen molar-refractivity contribution in [3.8, 4) is 5.75 Å². The molecule has 1 aromatic rings. The van der Waals surface area contributed by atoms with Crippen molar-refractivity contribution in [1.82, 2.24) is 0 Å². The normalized spacial score (nSPS) is 18.3. The van der Waals surface area contributed by atoms with Crippen LogP contribution in [0.15, 0.2) is 74.6 Å². The Morgan fingerprint density at radius 3 is 2.76 bits per heavy atom. The van der Waals surface area contributed by atoms with E-state index in [0.717, 1.165) is 23.4 Å². The molecule has 0 fully saturated rings. The SMILES string of the molecule is CC1=C(C)SC2=C(CC=CC=C2)C(c2ccccc2O)=N1. The maximum atomic E-state index is 10.2. The first-order chi connectivity index (χ1) is 10.2. The molecule has 1 heterocycles. The minimum absolute atomic E-state index is 0.276. The van der Waals surface area contributed by atoms with Crippen LogP contribution in [-0.2, 0) is 0 Å². The molecule has 0 unspecified atom stereocenters. The second-order valence-corrected chi connectivity index (χ2v) is 6.31. The molecule has 0 bridgehead atoms. The molecule has 1 aliphatic heterocycles. The highest BCUT2D eigenvalue weighted by atomic mass is 32.2.